The third kappa shape index (κ3) is 4.86. The molecule has 0 saturated heterocycles. The number of primary amides is 1. The Labute approximate surface area is 190 Å². The molecule has 4 rings (SSSR count). The van der Waals surface area contributed by atoms with Crippen LogP contribution in [0.1, 0.15) is 17.3 Å². The number of allylic oxidation sites excluding steroid dienone is 1. The Morgan fingerprint density at radius 1 is 1.15 bits per heavy atom. The zero-order valence-corrected chi connectivity index (χ0v) is 18.0. The van der Waals surface area contributed by atoms with Gasteiger partial charge in [-0.1, -0.05) is 16.5 Å². The number of anilines is 2. The molecule has 1 unspecified atom stereocenters. The Bertz CT molecular complexity index is 1390. The van der Waals surface area contributed by atoms with Crippen LogP contribution in [0.2, 0.25) is 0 Å². The molecule has 3 N–H and O–H groups in total. The van der Waals surface area contributed by atoms with Crippen LogP contribution in [-0.2, 0) is 11.0 Å². The molecule has 3 aromatic rings. The van der Waals surface area contributed by atoms with Crippen molar-refractivity contribution in [2.45, 2.75) is 11.8 Å². The number of hydrogen-bond acceptors (Lipinski definition) is 7. The maximum atomic E-state index is 12.5. The summed E-state index contributed by atoms with van der Waals surface area (Å²) in [4.78, 5) is 20.1. The SMILES string of the molecule is CC1=C(C#N)C(=NS(=O)c2ccc(Nc3cc(-c4ccc(C(N)=O)cc4)ncn3)cc2)[O+]=N1. The number of nitroso groups, excluding NO2 is 1. The summed E-state index contributed by atoms with van der Waals surface area (Å²) in [6.45, 7) is 1.61. The van der Waals surface area contributed by atoms with Crippen molar-refractivity contribution in [2.24, 2.45) is 15.3 Å². The number of nitrogens with zero attached hydrogens (tertiary/aromatic N) is 5. The highest BCUT2D eigenvalue weighted by Gasteiger charge is 2.32. The Hall–Kier alpha value is -4.56. The van der Waals surface area contributed by atoms with Crippen LogP contribution in [0.5, 0.6) is 0 Å². The summed E-state index contributed by atoms with van der Waals surface area (Å²) in [5.41, 5.74) is 8.41. The van der Waals surface area contributed by atoms with Crippen LogP contribution in [0, 0.1) is 15.9 Å². The Kier molecular flexibility index (Phi) is 6.10. The van der Waals surface area contributed by atoms with E-state index >= 15 is 0 Å². The first kappa shape index (κ1) is 21.7. The molecule has 162 valence electrons. The predicted octanol–water partition coefficient (Wildman–Crippen LogP) is 3.52. The fourth-order valence-electron chi connectivity index (χ4n) is 2.87. The second-order valence-electron chi connectivity index (χ2n) is 6.78. The fourth-order valence-corrected chi connectivity index (χ4v) is 3.62. The molecule has 2 heterocycles. The maximum absolute atomic E-state index is 12.5. The maximum Gasteiger partial charge on any atom is 0.526 e. The van der Waals surface area contributed by atoms with Gasteiger partial charge in [0.2, 0.25) is 11.5 Å². The van der Waals surface area contributed by atoms with Crippen molar-refractivity contribution in [3.63, 3.8) is 0 Å². The third-order valence-electron chi connectivity index (χ3n) is 4.58. The van der Waals surface area contributed by atoms with Gasteiger partial charge in [-0.25, -0.2) is 14.2 Å². The van der Waals surface area contributed by atoms with Gasteiger partial charge in [-0.05, 0) is 47.9 Å². The van der Waals surface area contributed by atoms with Crippen molar-refractivity contribution >= 4 is 34.3 Å². The summed E-state index contributed by atoms with van der Waals surface area (Å²) < 4.78 is 21.4. The van der Waals surface area contributed by atoms with Crippen LogP contribution in [0.4, 0.5) is 11.5 Å². The van der Waals surface area contributed by atoms with E-state index in [1.165, 1.54) is 6.33 Å². The average molecular weight is 458 g/mol. The molecule has 0 spiro atoms. The normalized spacial score (nSPS) is 14.8. The molecule has 11 heteroatoms. The van der Waals surface area contributed by atoms with Crippen LogP contribution in [-0.4, -0.2) is 26.0 Å². The van der Waals surface area contributed by atoms with Gasteiger partial charge in [-0.15, -0.1) is 0 Å². The summed E-state index contributed by atoms with van der Waals surface area (Å²) in [7, 11) is -1.77. The molecule has 0 aliphatic carbocycles. The quantitative estimate of drug-likeness (QED) is 0.538. The molecule has 1 aliphatic rings. The first-order chi connectivity index (χ1) is 15.9. The minimum Gasteiger partial charge on any atom is -0.366 e. The van der Waals surface area contributed by atoms with Gasteiger partial charge < -0.3 is 11.1 Å². The van der Waals surface area contributed by atoms with Gasteiger partial charge >= 0.3 is 5.90 Å². The van der Waals surface area contributed by atoms with E-state index in [1.807, 2.05) is 6.07 Å². The number of hydrogen-bond donors (Lipinski definition) is 2. The monoisotopic (exact) mass is 458 g/mol. The fraction of sp³-hybridized carbons (Fsp3) is 0.0455. The van der Waals surface area contributed by atoms with Gasteiger partial charge in [0.1, 0.15) is 18.2 Å². The lowest BCUT2D eigenvalue weighted by molar-refractivity contribution is 0.100. The van der Waals surface area contributed by atoms with E-state index in [0.29, 0.717) is 33.4 Å². The zero-order chi connectivity index (χ0) is 23.4. The Morgan fingerprint density at radius 2 is 1.88 bits per heavy atom. The molecular formula is C22H16N7O3S+. The highest BCUT2D eigenvalue weighted by atomic mass is 32.2. The van der Waals surface area contributed by atoms with Crippen LogP contribution in [0.3, 0.4) is 0 Å². The van der Waals surface area contributed by atoms with Crippen molar-refractivity contribution in [3.8, 4) is 17.3 Å². The molecule has 1 aliphatic heterocycles. The van der Waals surface area contributed by atoms with Crippen LogP contribution >= 0.6 is 0 Å². The van der Waals surface area contributed by atoms with E-state index in [0.717, 1.165) is 5.56 Å². The van der Waals surface area contributed by atoms with Gasteiger partial charge in [-0.2, -0.15) is 5.26 Å². The number of rotatable bonds is 6. The van der Waals surface area contributed by atoms with Gasteiger partial charge in [-0.3, -0.25) is 4.79 Å². The largest absolute Gasteiger partial charge is 0.526 e. The van der Waals surface area contributed by atoms with E-state index in [1.54, 1.807) is 61.5 Å². The number of aromatic nitrogens is 2. The number of carbonyl (C=O) groups is 1. The summed E-state index contributed by atoms with van der Waals surface area (Å²) in [6.07, 6.45) is 1.42. The highest BCUT2D eigenvalue weighted by Crippen LogP contribution is 2.23. The first-order valence-corrected chi connectivity index (χ1v) is 10.6. The number of nitriles is 1. The van der Waals surface area contributed by atoms with Crippen LogP contribution < -0.4 is 11.1 Å². The molecule has 1 aromatic heterocycles. The number of nitrogens with two attached hydrogens (primary N) is 1. The van der Waals surface area contributed by atoms with Gasteiger partial charge in [0.25, 0.3) is 0 Å². The first-order valence-electron chi connectivity index (χ1n) is 9.54. The standard InChI is InChI=1S/C22H15N7O3S/c1-13-18(11-23)22(32-28-13)29-33(31)17-8-6-16(7-9-17)27-20-10-19(25-12-26-20)14-2-4-15(5-3-14)21(24)30/h2-10,12H,1H3,(H2-,24,25,26,27,30)/p+1. The Balaban J connectivity index is 1.48. The highest BCUT2D eigenvalue weighted by molar-refractivity contribution is 7.84. The number of carbonyl (C=O) groups excluding carboxylic acids is 1. The second kappa shape index (κ2) is 9.29. The molecule has 10 nitrogen and oxygen atoms in total. The summed E-state index contributed by atoms with van der Waals surface area (Å²) in [5, 5.41) is 16.0. The predicted molar refractivity (Wildman–Crippen MR) is 124 cm³/mol. The third-order valence-corrected chi connectivity index (χ3v) is 5.59. The van der Waals surface area contributed by atoms with E-state index in [-0.39, 0.29) is 11.5 Å². The molecule has 0 saturated carbocycles. The van der Waals surface area contributed by atoms with E-state index < -0.39 is 16.9 Å². The number of benzene rings is 2. The van der Waals surface area contributed by atoms with E-state index in [4.69, 9.17) is 15.5 Å². The molecule has 33 heavy (non-hydrogen) atoms. The average Bonchev–Trinajstić information content (AvgIpc) is 3.18. The van der Waals surface area contributed by atoms with Gasteiger partial charge in [0, 0.05) is 22.9 Å². The molecule has 0 fully saturated rings. The molecule has 1 atom stereocenters. The van der Waals surface area contributed by atoms with Crippen LogP contribution in [0.15, 0.2) is 86.7 Å². The summed E-state index contributed by atoms with van der Waals surface area (Å²) in [6, 6.07) is 17.2. The van der Waals surface area contributed by atoms with Crippen molar-refractivity contribution < 1.29 is 9.00 Å². The van der Waals surface area contributed by atoms with E-state index in [9.17, 15) is 9.00 Å². The van der Waals surface area contributed by atoms with Gasteiger partial charge in [0.05, 0.1) is 10.6 Å². The lowest BCUT2D eigenvalue weighted by atomic mass is 10.1. The van der Waals surface area contributed by atoms with Crippen molar-refractivity contribution in [1.82, 2.24) is 9.97 Å². The zero-order valence-electron chi connectivity index (χ0n) is 17.2. The van der Waals surface area contributed by atoms with Gasteiger partial charge in [0.15, 0.2) is 21.9 Å². The summed E-state index contributed by atoms with van der Waals surface area (Å²) >= 11 is 0. The topological polar surface area (TPSA) is 158 Å². The molecule has 2 aromatic carbocycles. The van der Waals surface area contributed by atoms with E-state index in [2.05, 4.69) is 24.9 Å². The molecule has 1 amide bonds. The molecular weight excluding hydrogens is 442 g/mol. The molecule has 0 radical (unpaired) electrons. The van der Waals surface area contributed by atoms with Crippen molar-refractivity contribution in [3.05, 3.63) is 82.3 Å². The smallest absolute Gasteiger partial charge is 0.366 e. The lowest BCUT2D eigenvalue weighted by Gasteiger charge is -2.08. The van der Waals surface area contributed by atoms with Crippen molar-refractivity contribution in [1.29, 1.82) is 5.26 Å². The summed E-state index contributed by atoms with van der Waals surface area (Å²) in [5.74, 6) is -0.00791. The number of nitrogens with one attached hydrogen (secondary N) is 1. The van der Waals surface area contributed by atoms with Crippen molar-refractivity contribution in [2.75, 3.05) is 5.32 Å². The number of amides is 1. The minimum absolute atomic E-state index is 0.0621. The molecule has 0 bridgehead atoms. The second-order valence-corrected chi connectivity index (χ2v) is 7.93. The van der Waals surface area contributed by atoms with Crippen LogP contribution in [0.25, 0.3) is 11.3 Å². The lowest BCUT2D eigenvalue weighted by Crippen LogP contribution is -2.10. The minimum atomic E-state index is -1.77. The Morgan fingerprint density at radius 3 is 2.55 bits per heavy atom.